The van der Waals surface area contributed by atoms with Gasteiger partial charge >= 0.3 is 0 Å². The van der Waals surface area contributed by atoms with Gasteiger partial charge in [-0.1, -0.05) is 19.1 Å². The Labute approximate surface area is 110 Å². The number of hydrogen-bond donors (Lipinski definition) is 1. The number of aromatic nitrogens is 1. The molecule has 0 radical (unpaired) electrons. The molecule has 1 atom stereocenters. The molecule has 1 aliphatic carbocycles. The van der Waals surface area contributed by atoms with E-state index in [2.05, 4.69) is 0 Å². The molecule has 1 aliphatic rings. The first-order valence-corrected chi connectivity index (χ1v) is 6.72. The van der Waals surface area contributed by atoms with Gasteiger partial charge in [0.2, 0.25) is 0 Å². The summed E-state index contributed by atoms with van der Waals surface area (Å²) in [5, 5.41) is 0.822. The fourth-order valence-corrected chi connectivity index (χ4v) is 2.56. The van der Waals surface area contributed by atoms with E-state index in [1.54, 1.807) is 16.7 Å². The third-order valence-corrected chi connectivity index (χ3v) is 3.79. The van der Waals surface area contributed by atoms with Crippen LogP contribution in [0.2, 0.25) is 0 Å². The van der Waals surface area contributed by atoms with Gasteiger partial charge in [-0.25, -0.2) is 4.39 Å². The Balaban J connectivity index is 2.37. The minimum atomic E-state index is -0.450. The lowest BCUT2D eigenvalue weighted by Crippen LogP contribution is -2.27. The van der Waals surface area contributed by atoms with Crippen LogP contribution in [0.25, 0.3) is 10.8 Å². The van der Waals surface area contributed by atoms with Gasteiger partial charge in [0.25, 0.3) is 5.56 Å². The van der Waals surface area contributed by atoms with Gasteiger partial charge in [-0.2, -0.15) is 0 Å². The Kier molecular flexibility index (Phi) is 2.90. The van der Waals surface area contributed by atoms with Crippen LogP contribution in [0.5, 0.6) is 0 Å². The topological polar surface area (TPSA) is 48.0 Å². The number of nitrogens with two attached hydrogens (primary N) is 1. The first-order chi connectivity index (χ1) is 9.13. The van der Waals surface area contributed by atoms with E-state index in [9.17, 15) is 9.18 Å². The fraction of sp³-hybridized carbons (Fsp3) is 0.400. The summed E-state index contributed by atoms with van der Waals surface area (Å²) < 4.78 is 15.6. The molecule has 1 fully saturated rings. The van der Waals surface area contributed by atoms with Crippen LogP contribution >= 0.6 is 0 Å². The minimum Gasteiger partial charge on any atom is -0.323 e. The van der Waals surface area contributed by atoms with Gasteiger partial charge in [0.05, 0.1) is 5.39 Å². The zero-order valence-electron chi connectivity index (χ0n) is 10.9. The van der Waals surface area contributed by atoms with Gasteiger partial charge in [-0.15, -0.1) is 0 Å². The highest BCUT2D eigenvalue weighted by Gasteiger charge is 2.29. The summed E-state index contributed by atoms with van der Waals surface area (Å²) in [6.45, 7) is 1.99. The third-order valence-electron chi connectivity index (χ3n) is 3.79. The van der Waals surface area contributed by atoms with Crippen LogP contribution in [-0.2, 0) is 0 Å². The smallest absolute Gasteiger partial charge is 0.261 e. The van der Waals surface area contributed by atoms with Crippen molar-refractivity contribution >= 4 is 10.8 Å². The van der Waals surface area contributed by atoms with Crippen molar-refractivity contribution in [2.75, 3.05) is 0 Å². The van der Waals surface area contributed by atoms with Gasteiger partial charge in [0, 0.05) is 17.8 Å². The van der Waals surface area contributed by atoms with Crippen LogP contribution in [0.4, 0.5) is 4.39 Å². The lowest BCUT2D eigenvalue weighted by molar-refractivity contribution is 0.578. The molecular weight excluding hydrogens is 243 g/mol. The van der Waals surface area contributed by atoms with Crippen molar-refractivity contribution in [2.45, 2.75) is 38.3 Å². The molecule has 1 aromatic carbocycles. The largest absolute Gasteiger partial charge is 0.323 e. The Morgan fingerprint density at radius 2 is 2.21 bits per heavy atom. The van der Waals surface area contributed by atoms with Gasteiger partial charge in [-0.05, 0) is 36.8 Å². The maximum Gasteiger partial charge on any atom is 0.261 e. The summed E-state index contributed by atoms with van der Waals surface area (Å²) >= 11 is 0. The molecule has 2 aromatic rings. The first kappa shape index (κ1) is 12.4. The minimum absolute atomic E-state index is 0.180. The van der Waals surface area contributed by atoms with E-state index in [-0.39, 0.29) is 23.0 Å². The number of rotatable bonds is 3. The fourth-order valence-electron chi connectivity index (χ4n) is 2.56. The average molecular weight is 260 g/mol. The predicted molar refractivity (Wildman–Crippen MR) is 73.7 cm³/mol. The molecule has 0 saturated heterocycles. The highest BCUT2D eigenvalue weighted by atomic mass is 19.1. The molecule has 1 heterocycles. The van der Waals surface area contributed by atoms with Gasteiger partial charge < -0.3 is 10.3 Å². The van der Waals surface area contributed by atoms with Crippen LogP contribution in [0.3, 0.4) is 0 Å². The van der Waals surface area contributed by atoms with E-state index < -0.39 is 5.82 Å². The summed E-state index contributed by atoms with van der Waals surface area (Å²) in [7, 11) is 0. The molecule has 100 valence electrons. The number of hydrogen-bond acceptors (Lipinski definition) is 2. The Morgan fingerprint density at radius 3 is 2.84 bits per heavy atom. The van der Waals surface area contributed by atoms with Crippen molar-refractivity contribution in [1.82, 2.24) is 4.57 Å². The van der Waals surface area contributed by atoms with E-state index in [0.29, 0.717) is 5.39 Å². The lowest BCUT2D eigenvalue weighted by Gasteiger charge is -2.18. The van der Waals surface area contributed by atoms with E-state index in [0.717, 1.165) is 25.0 Å². The molecule has 19 heavy (non-hydrogen) atoms. The normalized spacial score (nSPS) is 16.8. The first-order valence-electron chi connectivity index (χ1n) is 6.72. The SMILES string of the molecule is CCC(N)c1cc2cccc(F)c2c(=O)n1C1CC1. The molecule has 3 nitrogen and oxygen atoms in total. The monoisotopic (exact) mass is 260 g/mol. The average Bonchev–Trinajstić information content (AvgIpc) is 3.21. The van der Waals surface area contributed by atoms with Crippen molar-refractivity contribution in [3.63, 3.8) is 0 Å². The predicted octanol–water partition coefficient (Wildman–Crippen LogP) is 2.89. The Hall–Kier alpha value is -1.68. The van der Waals surface area contributed by atoms with E-state index in [4.69, 9.17) is 5.73 Å². The molecular formula is C15H17FN2O. The van der Waals surface area contributed by atoms with E-state index in [1.165, 1.54) is 6.07 Å². The van der Waals surface area contributed by atoms with Crippen molar-refractivity contribution in [1.29, 1.82) is 0 Å². The molecule has 2 N–H and O–H groups in total. The van der Waals surface area contributed by atoms with Crippen LogP contribution in [0.15, 0.2) is 29.1 Å². The molecule has 4 heteroatoms. The molecule has 0 bridgehead atoms. The summed E-state index contributed by atoms with van der Waals surface area (Å²) in [4.78, 5) is 12.5. The number of benzene rings is 1. The Bertz CT molecular complexity index is 688. The maximum atomic E-state index is 13.9. The zero-order valence-corrected chi connectivity index (χ0v) is 10.9. The third kappa shape index (κ3) is 1.96. The van der Waals surface area contributed by atoms with Crippen molar-refractivity contribution in [3.05, 3.63) is 46.1 Å². The summed E-state index contributed by atoms with van der Waals surface area (Å²) in [6, 6.07) is 6.61. The lowest BCUT2D eigenvalue weighted by atomic mass is 10.1. The van der Waals surface area contributed by atoms with Crippen molar-refractivity contribution < 1.29 is 4.39 Å². The highest BCUT2D eigenvalue weighted by molar-refractivity contribution is 5.82. The zero-order chi connectivity index (χ0) is 13.6. The molecule has 1 saturated carbocycles. The quantitative estimate of drug-likeness (QED) is 0.922. The molecule has 1 aromatic heterocycles. The molecule has 1 unspecified atom stereocenters. The second-order valence-electron chi connectivity index (χ2n) is 5.19. The molecule has 0 aliphatic heterocycles. The Morgan fingerprint density at radius 1 is 1.47 bits per heavy atom. The second kappa shape index (κ2) is 4.46. The number of fused-ring (bicyclic) bond motifs is 1. The summed E-state index contributed by atoms with van der Waals surface area (Å²) in [5.74, 6) is -0.450. The highest BCUT2D eigenvalue weighted by Crippen LogP contribution is 2.36. The van der Waals surface area contributed by atoms with Gasteiger partial charge in [-0.3, -0.25) is 4.79 Å². The van der Waals surface area contributed by atoms with Gasteiger partial charge in [0.15, 0.2) is 0 Å². The number of pyridine rings is 1. The summed E-state index contributed by atoms with van der Waals surface area (Å²) in [6.07, 6.45) is 2.71. The van der Waals surface area contributed by atoms with Crippen LogP contribution in [-0.4, -0.2) is 4.57 Å². The van der Waals surface area contributed by atoms with E-state index >= 15 is 0 Å². The number of halogens is 1. The maximum absolute atomic E-state index is 13.9. The second-order valence-corrected chi connectivity index (χ2v) is 5.19. The van der Waals surface area contributed by atoms with Crippen LogP contribution in [0, 0.1) is 5.82 Å². The number of nitrogens with zero attached hydrogens (tertiary/aromatic N) is 1. The molecule has 3 rings (SSSR count). The molecule has 0 amide bonds. The van der Waals surface area contributed by atoms with E-state index in [1.807, 2.05) is 13.0 Å². The summed E-state index contributed by atoms with van der Waals surface area (Å²) in [5.41, 5.74) is 6.69. The van der Waals surface area contributed by atoms with Gasteiger partial charge in [0.1, 0.15) is 5.82 Å². The van der Waals surface area contributed by atoms with Crippen LogP contribution < -0.4 is 11.3 Å². The standard InChI is InChI=1S/C15H17FN2O/c1-2-12(17)13-8-9-4-3-5-11(16)14(9)15(19)18(13)10-6-7-10/h3-5,8,10,12H,2,6-7,17H2,1H3. The van der Waals surface area contributed by atoms with Crippen molar-refractivity contribution in [2.24, 2.45) is 5.73 Å². The molecule has 0 spiro atoms. The van der Waals surface area contributed by atoms with Crippen molar-refractivity contribution in [3.8, 4) is 0 Å². The van der Waals surface area contributed by atoms with Crippen LogP contribution in [0.1, 0.15) is 44.0 Å².